The van der Waals surface area contributed by atoms with Gasteiger partial charge in [-0.2, -0.15) is 5.10 Å². The van der Waals surface area contributed by atoms with Crippen LogP contribution in [0.2, 0.25) is 5.02 Å². The number of benzene rings is 2. The van der Waals surface area contributed by atoms with Gasteiger partial charge in [0.15, 0.2) is 11.5 Å². The molecule has 0 heterocycles. The number of hydrogen-bond donors (Lipinski definition) is 1. The van der Waals surface area contributed by atoms with E-state index < -0.39 is 5.91 Å². The first-order chi connectivity index (χ1) is 12.0. The summed E-state index contributed by atoms with van der Waals surface area (Å²) in [5.74, 6) is 1.10. The second-order valence-electron chi connectivity index (χ2n) is 4.77. The molecule has 8 heteroatoms. The number of carbonyl (C=O) groups is 1. The number of methoxy groups -OCH3 is 3. The Labute approximate surface area is 158 Å². The largest absolute Gasteiger partial charge is 0.496 e. The predicted molar refractivity (Wildman–Crippen MR) is 100 cm³/mol. The van der Waals surface area contributed by atoms with E-state index in [1.807, 2.05) is 0 Å². The predicted octanol–water partition coefficient (Wildman–Crippen LogP) is 3.89. The van der Waals surface area contributed by atoms with Gasteiger partial charge in [0.1, 0.15) is 5.75 Å². The van der Waals surface area contributed by atoms with Gasteiger partial charge in [0.2, 0.25) is 0 Å². The molecule has 6 nitrogen and oxygen atoms in total. The molecule has 0 bridgehead atoms. The zero-order valence-corrected chi connectivity index (χ0v) is 16.1. The molecule has 0 saturated carbocycles. The van der Waals surface area contributed by atoms with E-state index in [9.17, 15) is 4.79 Å². The summed E-state index contributed by atoms with van der Waals surface area (Å²) < 4.78 is 16.4. The van der Waals surface area contributed by atoms with Crippen molar-refractivity contribution in [3.05, 3.63) is 51.0 Å². The topological polar surface area (TPSA) is 69.2 Å². The van der Waals surface area contributed by atoms with Crippen molar-refractivity contribution in [3.63, 3.8) is 0 Å². The highest BCUT2D eigenvalue weighted by Crippen LogP contribution is 2.32. The van der Waals surface area contributed by atoms with E-state index in [0.717, 1.165) is 4.47 Å². The first-order valence-corrected chi connectivity index (χ1v) is 8.25. The Balaban J connectivity index is 2.18. The number of amides is 1. The van der Waals surface area contributed by atoms with Gasteiger partial charge >= 0.3 is 0 Å². The van der Waals surface area contributed by atoms with E-state index in [0.29, 0.717) is 33.4 Å². The van der Waals surface area contributed by atoms with Crippen LogP contribution in [0.1, 0.15) is 15.9 Å². The van der Waals surface area contributed by atoms with E-state index in [2.05, 4.69) is 26.5 Å². The Morgan fingerprint density at radius 1 is 1.08 bits per heavy atom. The zero-order chi connectivity index (χ0) is 18.4. The lowest BCUT2D eigenvalue weighted by Crippen LogP contribution is -2.18. The average Bonchev–Trinajstić information content (AvgIpc) is 2.62. The Morgan fingerprint density at radius 2 is 1.72 bits per heavy atom. The molecule has 0 aliphatic heterocycles. The van der Waals surface area contributed by atoms with Gasteiger partial charge in [-0.1, -0.05) is 11.6 Å². The van der Waals surface area contributed by atoms with Crippen LogP contribution in [0.5, 0.6) is 17.2 Å². The van der Waals surface area contributed by atoms with Gasteiger partial charge in [-0.05, 0) is 46.3 Å². The van der Waals surface area contributed by atoms with Crippen molar-refractivity contribution in [3.8, 4) is 17.2 Å². The molecule has 25 heavy (non-hydrogen) atoms. The maximum Gasteiger partial charge on any atom is 0.275 e. The van der Waals surface area contributed by atoms with Gasteiger partial charge in [0.25, 0.3) is 5.91 Å². The highest BCUT2D eigenvalue weighted by Gasteiger charge is 2.12. The summed E-state index contributed by atoms with van der Waals surface area (Å²) in [5.41, 5.74) is 3.44. The molecule has 0 spiro atoms. The first-order valence-electron chi connectivity index (χ1n) is 7.08. The number of nitrogens with one attached hydrogen (secondary N) is 1. The van der Waals surface area contributed by atoms with Crippen LogP contribution in [0.4, 0.5) is 0 Å². The molecule has 2 aromatic rings. The lowest BCUT2D eigenvalue weighted by Gasteiger charge is -2.10. The number of hydrogen-bond acceptors (Lipinski definition) is 5. The number of ether oxygens (including phenoxy) is 3. The second kappa shape index (κ2) is 8.73. The van der Waals surface area contributed by atoms with Gasteiger partial charge in [-0.25, -0.2) is 5.43 Å². The van der Waals surface area contributed by atoms with Crippen LogP contribution in [0.15, 0.2) is 39.9 Å². The third kappa shape index (κ3) is 4.64. The van der Waals surface area contributed by atoms with E-state index in [-0.39, 0.29) is 0 Å². The molecule has 0 unspecified atom stereocenters. The van der Waals surface area contributed by atoms with Crippen LogP contribution in [-0.4, -0.2) is 33.5 Å². The molecule has 2 rings (SSSR count). The molecule has 2 aromatic carbocycles. The molecular formula is C17H16BrClN2O4. The smallest absolute Gasteiger partial charge is 0.275 e. The Hall–Kier alpha value is -2.25. The Morgan fingerprint density at radius 3 is 2.36 bits per heavy atom. The molecule has 0 atom stereocenters. The van der Waals surface area contributed by atoms with Crippen molar-refractivity contribution in [2.45, 2.75) is 0 Å². The third-order valence-corrected chi connectivity index (χ3v) is 4.20. The maximum absolute atomic E-state index is 12.3. The van der Waals surface area contributed by atoms with E-state index >= 15 is 0 Å². The van der Waals surface area contributed by atoms with Crippen LogP contribution in [0.3, 0.4) is 0 Å². The summed E-state index contributed by atoms with van der Waals surface area (Å²) >= 11 is 9.34. The third-order valence-electron chi connectivity index (χ3n) is 3.28. The molecule has 0 aliphatic carbocycles. The normalized spacial score (nSPS) is 10.6. The van der Waals surface area contributed by atoms with Gasteiger partial charge in [0.05, 0.1) is 33.1 Å². The van der Waals surface area contributed by atoms with Crippen LogP contribution >= 0.6 is 27.5 Å². The first kappa shape index (κ1) is 19.1. The summed E-state index contributed by atoms with van der Waals surface area (Å²) in [6, 6.07) is 8.26. The minimum absolute atomic E-state index is 0.290. The van der Waals surface area contributed by atoms with Gasteiger partial charge in [-0.15, -0.1) is 0 Å². The fourth-order valence-electron chi connectivity index (χ4n) is 2.05. The van der Waals surface area contributed by atoms with Crippen molar-refractivity contribution in [1.29, 1.82) is 0 Å². The summed E-state index contributed by atoms with van der Waals surface area (Å²) in [7, 11) is 4.57. The summed E-state index contributed by atoms with van der Waals surface area (Å²) in [4.78, 5) is 12.3. The molecule has 0 aliphatic rings. The second-order valence-corrected chi connectivity index (χ2v) is 6.06. The monoisotopic (exact) mass is 426 g/mol. The molecule has 132 valence electrons. The van der Waals surface area contributed by atoms with Crippen molar-refractivity contribution >= 4 is 39.7 Å². The highest BCUT2D eigenvalue weighted by molar-refractivity contribution is 9.10. The fraction of sp³-hybridized carbons (Fsp3) is 0.176. The molecule has 0 aromatic heterocycles. The van der Waals surface area contributed by atoms with Crippen LogP contribution in [0.25, 0.3) is 0 Å². The number of nitrogens with zero attached hydrogens (tertiary/aromatic N) is 1. The molecular weight excluding hydrogens is 412 g/mol. The Kier molecular flexibility index (Phi) is 6.66. The minimum atomic E-state index is -0.438. The van der Waals surface area contributed by atoms with Gasteiger partial charge in [0, 0.05) is 15.1 Å². The van der Waals surface area contributed by atoms with Crippen molar-refractivity contribution in [2.75, 3.05) is 21.3 Å². The standard InChI is InChI=1S/C17H16BrClN2O4/c1-23-14-5-4-11(19)7-12(14)17(22)21-20-9-10-6-15(24-2)16(25-3)8-13(10)18/h4-9H,1-3H3,(H,21,22)/b20-9+. The van der Waals surface area contributed by atoms with E-state index in [4.69, 9.17) is 25.8 Å². The van der Waals surface area contributed by atoms with Crippen molar-refractivity contribution in [1.82, 2.24) is 5.43 Å². The lowest BCUT2D eigenvalue weighted by atomic mass is 10.2. The van der Waals surface area contributed by atoms with E-state index in [1.165, 1.54) is 19.4 Å². The SMILES string of the molecule is COc1cc(Br)c(/C=N/NC(=O)c2cc(Cl)ccc2OC)cc1OC. The summed E-state index contributed by atoms with van der Waals surface area (Å²) in [6.45, 7) is 0. The molecule has 1 N–H and O–H groups in total. The Bertz CT molecular complexity index is 811. The van der Waals surface area contributed by atoms with E-state index in [1.54, 1.807) is 38.5 Å². The molecule has 1 amide bonds. The zero-order valence-electron chi connectivity index (χ0n) is 13.8. The van der Waals surface area contributed by atoms with Crippen molar-refractivity contribution in [2.24, 2.45) is 5.10 Å². The summed E-state index contributed by atoms with van der Waals surface area (Å²) in [5, 5.41) is 4.39. The van der Waals surface area contributed by atoms with Crippen molar-refractivity contribution < 1.29 is 19.0 Å². The maximum atomic E-state index is 12.3. The quantitative estimate of drug-likeness (QED) is 0.561. The lowest BCUT2D eigenvalue weighted by molar-refractivity contribution is 0.0952. The number of carbonyl (C=O) groups excluding carboxylic acids is 1. The number of rotatable bonds is 6. The number of halogens is 2. The highest BCUT2D eigenvalue weighted by atomic mass is 79.9. The fourth-order valence-corrected chi connectivity index (χ4v) is 2.64. The average molecular weight is 428 g/mol. The van der Waals surface area contributed by atoms with Crippen LogP contribution < -0.4 is 19.6 Å². The molecule has 0 radical (unpaired) electrons. The molecule has 0 saturated heterocycles. The summed E-state index contributed by atoms with van der Waals surface area (Å²) in [6.07, 6.45) is 1.49. The molecule has 0 fully saturated rings. The van der Waals surface area contributed by atoms with Gasteiger partial charge < -0.3 is 14.2 Å². The minimum Gasteiger partial charge on any atom is -0.496 e. The number of hydrazone groups is 1. The van der Waals surface area contributed by atoms with Gasteiger partial charge in [-0.3, -0.25) is 4.79 Å². The van der Waals surface area contributed by atoms with Crippen LogP contribution in [-0.2, 0) is 0 Å². The van der Waals surface area contributed by atoms with Crippen LogP contribution in [0, 0.1) is 0 Å².